The second-order valence-electron chi connectivity index (χ2n) is 3.21. The molecule has 5 nitrogen and oxygen atoms in total. The van der Waals surface area contributed by atoms with Gasteiger partial charge in [-0.15, -0.1) is 0 Å². The lowest BCUT2D eigenvalue weighted by Crippen LogP contribution is -2.37. The van der Waals surface area contributed by atoms with Crippen LogP contribution in [0.15, 0.2) is 23.0 Å². The molecule has 0 aliphatic carbocycles. The van der Waals surface area contributed by atoms with Gasteiger partial charge < -0.3 is 14.6 Å². The van der Waals surface area contributed by atoms with Crippen molar-refractivity contribution in [1.82, 2.24) is 4.98 Å². The van der Waals surface area contributed by atoms with E-state index in [4.69, 9.17) is 0 Å². The summed E-state index contributed by atoms with van der Waals surface area (Å²) in [5.41, 5.74) is -0.198. The van der Waals surface area contributed by atoms with Crippen molar-refractivity contribution in [3.8, 4) is 0 Å². The molecule has 0 aliphatic heterocycles. The van der Waals surface area contributed by atoms with Crippen LogP contribution >= 0.6 is 0 Å². The third-order valence-electron chi connectivity index (χ3n) is 2.26. The number of hydrogen-bond donors (Lipinski definition) is 1. The van der Waals surface area contributed by atoms with E-state index >= 15 is 0 Å². The molecule has 1 heterocycles. The summed E-state index contributed by atoms with van der Waals surface area (Å²) in [6.07, 6.45) is 0. The number of nitrogens with zero attached hydrogens (tertiary/aromatic N) is 1. The number of H-pyrrole nitrogens is 1. The van der Waals surface area contributed by atoms with E-state index in [1.54, 1.807) is 31.0 Å². The van der Waals surface area contributed by atoms with E-state index in [1.807, 2.05) is 0 Å². The van der Waals surface area contributed by atoms with E-state index in [-0.39, 0.29) is 11.5 Å². The fourth-order valence-corrected chi connectivity index (χ4v) is 1.18. The van der Waals surface area contributed by atoms with Crippen molar-refractivity contribution in [2.45, 2.75) is 13.0 Å². The number of carbonyl (C=O) groups is 1. The quantitative estimate of drug-likeness (QED) is 0.732. The van der Waals surface area contributed by atoms with Crippen LogP contribution in [0.1, 0.15) is 6.92 Å². The Labute approximate surface area is 87.7 Å². The molecule has 1 unspecified atom stereocenters. The summed E-state index contributed by atoms with van der Waals surface area (Å²) in [6.45, 7) is 1.71. The Morgan fingerprint density at radius 3 is 2.73 bits per heavy atom. The van der Waals surface area contributed by atoms with Gasteiger partial charge in [-0.1, -0.05) is 6.07 Å². The molecule has 0 fully saturated rings. The zero-order valence-electron chi connectivity index (χ0n) is 8.98. The van der Waals surface area contributed by atoms with Crippen LogP contribution in [0.3, 0.4) is 0 Å². The predicted octanol–water partition coefficient (Wildman–Crippen LogP) is 0.373. The van der Waals surface area contributed by atoms with Gasteiger partial charge in [-0.3, -0.25) is 4.79 Å². The molecule has 1 aromatic heterocycles. The lowest BCUT2D eigenvalue weighted by Gasteiger charge is -2.23. The molecule has 1 aromatic rings. The Hall–Kier alpha value is -1.78. The van der Waals surface area contributed by atoms with Crippen LogP contribution in [0, 0.1) is 0 Å². The summed E-state index contributed by atoms with van der Waals surface area (Å²) >= 11 is 0. The van der Waals surface area contributed by atoms with Crippen molar-refractivity contribution in [3.05, 3.63) is 28.6 Å². The summed E-state index contributed by atoms with van der Waals surface area (Å²) in [5.74, 6) is 0.239. The van der Waals surface area contributed by atoms with Gasteiger partial charge >= 0.3 is 5.97 Å². The maximum Gasteiger partial charge on any atom is 0.328 e. The number of rotatable bonds is 3. The van der Waals surface area contributed by atoms with Gasteiger partial charge in [0.1, 0.15) is 11.9 Å². The SMILES string of the molecule is COC(=O)C(C)N(C)c1cccc(=O)[nH]1. The molecule has 1 rings (SSSR count). The first-order valence-electron chi connectivity index (χ1n) is 4.56. The lowest BCUT2D eigenvalue weighted by atomic mass is 10.3. The normalized spacial score (nSPS) is 11.9. The fourth-order valence-electron chi connectivity index (χ4n) is 1.18. The van der Waals surface area contributed by atoms with Crippen molar-refractivity contribution >= 4 is 11.8 Å². The molecule has 82 valence electrons. The number of carbonyl (C=O) groups excluding carboxylic acids is 1. The summed E-state index contributed by atoms with van der Waals surface area (Å²) in [6, 6.07) is 4.34. The number of methoxy groups -OCH3 is 1. The number of anilines is 1. The second-order valence-corrected chi connectivity index (χ2v) is 3.21. The highest BCUT2D eigenvalue weighted by Crippen LogP contribution is 2.09. The summed E-state index contributed by atoms with van der Waals surface area (Å²) in [7, 11) is 3.05. The van der Waals surface area contributed by atoms with Gasteiger partial charge in [0.15, 0.2) is 0 Å². The molecule has 0 aliphatic rings. The molecule has 15 heavy (non-hydrogen) atoms. The fraction of sp³-hybridized carbons (Fsp3) is 0.400. The summed E-state index contributed by atoms with van der Waals surface area (Å²) in [4.78, 5) is 26.6. The highest BCUT2D eigenvalue weighted by Gasteiger charge is 2.19. The Morgan fingerprint density at radius 2 is 2.20 bits per heavy atom. The first-order chi connectivity index (χ1) is 7.06. The van der Waals surface area contributed by atoms with Gasteiger partial charge in [-0.2, -0.15) is 0 Å². The van der Waals surface area contributed by atoms with E-state index in [2.05, 4.69) is 9.72 Å². The van der Waals surface area contributed by atoms with Crippen LogP contribution in [0.25, 0.3) is 0 Å². The Morgan fingerprint density at radius 1 is 1.53 bits per heavy atom. The number of likely N-dealkylation sites (N-methyl/N-ethyl adjacent to an activating group) is 1. The molecular weight excluding hydrogens is 196 g/mol. The molecule has 1 N–H and O–H groups in total. The number of hydrogen-bond acceptors (Lipinski definition) is 4. The standard InChI is InChI=1S/C10H14N2O3/c1-7(10(14)15-3)12(2)8-5-4-6-9(13)11-8/h4-7H,1-3H3,(H,11,13). The van der Waals surface area contributed by atoms with Gasteiger partial charge in [-0.25, -0.2) is 4.79 Å². The minimum Gasteiger partial charge on any atom is -0.467 e. The first kappa shape index (κ1) is 11.3. The third kappa shape index (κ3) is 2.59. The van der Waals surface area contributed by atoms with Gasteiger partial charge in [0, 0.05) is 13.1 Å². The predicted molar refractivity (Wildman–Crippen MR) is 56.9 cm³/mol. The van der Waals surface area contributed by atoms with Gasteiger partial charge in [0.25, 0.3) is 0 Å². The van der Waals surface area contributed by atoms with Crippen molar-refractivity contribution in [1.29, 1.82) is 0 Å². The van der Waals surface area contributed by atoms with Crippen LogP contribution < -0.4 is 10.5 Å². The van der Waals surface area contributed by atoms with Crippen molar-refractivity contribution in [3.63, 3.8) is 0 Å². The van der Waals surface area contributed by atoms with Crippen molar-refractivity contribution in [2.24, 2.45) is 0 Å². The zero-order chi connectivity index (χ0) is 11.4. The van der Waals surface area contributed by atoms with E-state index in [0.717, 1.165) is 0 Å². The molecule has 0 amide bonds. The second kappa shape index (κ2) is 4.63. The Kier molecular flexibility index (Phi) is 3.49. The number of esters is 1. The van der Waals surface area contributed by atoms with Crippen LogP contribution in [0.2, 0.25) is 0 Å². The number of nitrogens with one attached hydrogen (secondary N) is 1. The van der Waals surface area contributed by atoms with Gasteiger partial charge in [0.05, 0.1) is 7.11 Å². The average Bonchev–Trinajstić information content (AvgIpc) is 2.26. The van der Waals surface area contributed by atoms with E-state index < -0.39 is 6.04 Å². The smallest absolute Gasteiger partial charge is 0.328 e. The van der Waals surface area contributed by atoms with Crippen molar-refractivity contribution in [2.75, 3.05) is 19.1 Å². The number of aromatic nitrogens is 1. The molecule has 0 bridgehead atoms. The highest BCUT2D eigenvalue weighted by atomic mass is 16.5. The first-order valence-corrected chi connectivity index (χ1v) is 4.56. The van der Waals surface area contributed by atoms with E-state index in [0.29, 0.717) is 5.82 Å². The monoisotopic (exact) mass is 210 g/mol. The van der Waals surface area contributed by atoms with Gasteiger partial charge in [0.2, 0.25) is 5.56 Å². The molecule has 5 heteroatoms. The maximum absolute atomic E-state index is 11.3. The van der Waals surface area contributed by atoms with Crippen molar-refractivity contribution < 1.29 is 9.53 Å². The number of aromatic amines is 1. The van der Waals surface area contributed by atoms with E-state index in [9.17, 15) is 9.59 Å². The Balaban J connectivity index is 2.89. The molecule has 0 saturated carbocycles. The zero-order valence-corrected chi connectivity index (χ0v) is 8.98. The number of pyridine rings is 1. The largest absolute Gasteiger partial charge is 0.467 e. The highest BCUT2D eigenvalue weighted by molar-refractivity contribution is 5.78. The summed E-state index contributed by atoms with van der Waals surface area (Å²) in [5, 5.41) is 0. The maximum atomic E-state index is 11.3. The molecular formula is C10H14N2O3. The topological polar surface area (TPSA) is 62.4 Å². The van der Waals surface area contributed by atoms with Crippen LogP contribution in [-0.2, 0) is 9.53 Å². The minimum absolute atomic E-state index is 0.198. The Bertz CT molecular complexity index is 400. The minimum atomic E-state index is -0.437. The molecule has 0 aromatic carbocycles. The molecule has 1 atom stereocenters. The van der Waals surface area contributed by atoms with E-state index in [1.165, 1.54) is 13.2 Å². The average molecular weight is 210 g/mol. The third-order valence-corrected chi connectivity index (χ3v) is 2.26. The van der Waals surface area contributed by atoms with Gasteiger partial charge in [-0.05, 0) is 13.0 Å². The van der Waals surface area contributed by atoms with Crippen LogP contribution in [0.5, 0.6) is 0 Å². The molecule has 0 spiro atoms. The van der Waals surface area contributed by atoms with Crippen LogP contribution in [0.4, 0.5) is 5.82 Å². The molecule has 0 radical (unpaired) electrons. The van der Waals surface area contributed by atoms with Crippen LogP contribution in [-0.4, -0.2) is 31.2 Å². The number of ether oxygens (including phenoxy) is 1. The molecule has 0 saturated heterocycles. The summed E-state index contributed by atoms with van der Waals surface area (Å²) < 4.78 is 4.61. The lowest BCUT2D eigenvalue weighted by molar-refractivity contribution is -0.141.